The average molecular weight is 307 g/mol. The summed E-state index contributed by atoms with van der Waals surface area (Å²) in [5, 5.41) is 3.38. The van der Waals surface area contributed by atoms with Gasteiger partial charge < -0.3 is 14.6 Å². The van der Waals surface area contributed by atoms with Crippen molar-refractivity contribution in [3.05, 3.63) is 78.4 Å². The highest BCUT2D eigenvalue weighted by Gasteiger charge is 2.16. The van der Waals surface area contributed by atoms with E-state index >= 15 is 0 Å². The monoisotopic (exact) mass is 307 g/mol. The number of hydrogen-bond donors (Lipinski definition) is 1. The van der Waals surface area contributed by atoms with Crippen molar-refractivity contribution < 1.29 is 4.74 Å². The Morgan fingerprint density at radius 1 is 1.09 bits per heavy atom. The summed E-state index contributed by atoms with van der Waals surface area (Å²) in [5.74, 6) is 1.85. The molecule has 0 aliphatic carbocycles. The molecule has 4 heteroatoms. The maximum absolute atomic E-state index is 5.23. The normalized spacial score (nSPS) is 12.1. The second kappa shape index (κ2) is 7.11. The summed E-state index contributed by atoms with van der Waals surface area (Å²) in [6.07, 6.45) is 4.73. The molecule has 1 unspecified atom stereocenters. The zero-order chi connectivity index (χ0) is 16.1. The summed E-state index contributed by atoms with van der Waals surface area (Å²) in [6.45, 7) is 0. The lowest BCUT2D eigenvalue weighted by molar-refractivity contribution is 0.414. The van der Waals surface area contributed by atoms with Crippen LogP contribution in [-0.4, -0.2) is 23.7 Å². The smallest absolute Gasteiger partial charge is 0.130 e. The first-order chi connectivity index (χ1) is 11.3. The molecule has 1 heterocycles. The number of aromatic nitrogens is 2. The van der Waals surface area contributed by atoms with Crippen LogP contribution in [-0.2, 0) is 6.42 Å². The lowest BCUT2D eigenvalue weighted by Gasteiger charge is -2.18. The van der Waals surface area contributed by atoms with Gasteiger partial charge in [0, 0.05) is 18.1 Å². The van der Waals surface area contributed by atoms with Crippen LogP contribution in [0.4, 0.5) is 0 Å². The highest BCUT2D eigenvalue weighted by molar-refractivity contribution is 5.39. The Kier molecular flexibility index (Phi) is 4.74. The molecular weight excluding hydrogens is 286 g/mol. The highest BCUT2D eigenvalue weighted by Crippen LogP contribution is 2.22. The molecule has 23 heavy (non-hydrogen) atoms. The van der Waals surface area contributed by atoms with Crippen LogP contribution < -0.4 is 10.1 Å². The van der Waals surface area contributed by atoms with Crippen molar-refractivity contribution in [3.63, 3.8) is 0 Å². The number of hydrogen-bond acceptors (Lipinski definition) is 3. The Morgan fingerprint density at radius 3 is 2.48 bits per heavy atom. The first-order valence-electron chi connectivity index (χ1n) is 7.70. The van der Waals surface area contributed by atoms with Gasteiger partial charge in [-0.3, -0.25) is 0 Å². The van der Waals surface area contributed by atoms with Crippen LogP contribution in [0.5, 0.6) is 5.75 Å². The van der Waals surface area contributed by atoms with Crippen molar-refractivity contribution in [1.29, 1.82) is 0 Å². The van der Waals surface area contributed by atoms with Crippen LogP contribution in [0.15, 0.2) is 67.0 Å². The van der Waals surface area contributed by atoms with E-state index in [4.69, 9.17) is 4.74 Å². The third-order valence-electron chi connectivity index (χ3n) is 3.96. The minimum Gasteiger partial charge on any atom is -0.497 e. The summed E-state index contributed by atoms with van der Waals surface area (Å²) in [4.78, 5) is 4.57. The van der Waals surface area contributed by atoms with Crippen LogP contribution in [0.2, 0.25) is 0 Å². The van der Waals surface area contributed by atoms with Crippen LogP contribution in [0.3, 0.4) is 0 Å². The molecule has 0 saturated carbocycles. The van der Waals surface area contributed by atoms with Crippen molar-refractivity contribution >= 4 is 0 Å². The molecule has 1 aromatic heterocycles. The van der Waals surface area contributed by atoms with Gasteiger partial charge in [0.05, 0.1) is 13.2 Å². The molecule has 0 aliphatic rings. The van der Waals surface area contributed by atoms with Crippen molar-refractivity contribution in [1.82, 2.24) is 14.9 Å². The van der Waals surface area contributed by atoms with Gasteiger partial charge in [0.2, 0.25) is 0 Å². The largest absolute Gasteiger partial charge is 0.497 e. The van der Waals surface area contributed by atoms with Gasteiger partial charge in [-0.1, -0.05) is 30.3 Å². The Labute approximate surface area is 136 Å². The molecular formula is C19H21N3O. The van der Waals surface area contributed by atoms with Gasteiger partial charge in [-0.05, 0) is 43.3 Å². The number of benzene rings is 2. The van der Waals surface area contributed by atoms with Crippen molar-refractivity contribution in [2.24, 2.45) is 0 Å². The number of likely N-dealkylation sites (N-methyl/N-ethyl adjacent to an activating group) is 1. The van der Waals surface area contributed by atoms with E-state index in [9.17, 15) is 0 Å². The zero-order valence-corrected chi connectivity index (χ0v) is 13.4. The van der Waals surface area contributed by atoms with Gasteiger partial charge in [0.25, 0.3) is 0 Å². The maximum Gasteiger partial charge on any atom is 0.130 e. The van der Waals surface area contributed by atoms with Crippen molar-refractivity contribution in [2.75, 3.05) is 14.2 Å². The van der Waals surface area contributed by atoms with Crippen molar-refractivity contribution in [2.45, 2.75) is 12.5 Å². The lowest BCUT2D eigenvalue weighted by Crippen LogP contribution is -2.22. The molecule has 0 fully saturated rings. The molecule has 3 aromatic rings. The molecule has 0 saturated heterocycles. The van der Waals surface area contributed by atoms with Crippen LogP contribution >= 0.6 is 0 Å². The molecule has 1 atom stereocenters. The topological polar surface area (TPSA) is 39.1 Å². The Balaban J connectivity index is 1.88. The number of rotatable bonds is 6. The van der Waals surface area contributed by atoms with E-state index in [0.717, 1.165) is 23.7 Å². The molecule has 0 aliphatic heterocycles. The number of imidazole rings is 1. The van der Waals surface area contributed by atoms with E-state index in [1.54, 1.807) is 7.11 Å². The fraction of sp³-hybridized carbons (Fsp3) is 0.211. The van der Waals surface area contributed by atoms with Gasteiger partial charge >= 0.3 is 0 Å². The number of nitrogens with one attached hydrogen (secondary N) is 1. The van der Waals surface area contributed by atoms with Crippen LogP contribution in [0, 0.1) is 0 Å². The summed E-state index contributed by atoms with van der Waals surface area (Å²) < 4.78 is 7.34. The number of nitrogens with zero attached hydrogens (tertiary/aromatic N) is 2. The minimum atomic E-state index is 0.148. The maximum atomic E-state index is 5.23. The van der Waals surface area contributed by atoms with Crippen LogP contribution in [0.25, 0.3) is 5.69 Å². The summed E-state index contributed by atoms with van der Waals surface area (Å²) in [6, 6.07) is 18.6. The Morgan fingerprint density at radius 2 is 1.83 bits per heavy atom. The average Bonchev–Trinajstić information content (AvgIpc) is 3.10. The summed E-state index contributed by atoms with van der Waals surface area (Å²) in [5.41, 5.74) is 2.36. The van der Waals surface area contributed by atoms with E-state index in [-0.39, 0.29) is 6.04 Å². The first-order valence-corrected chi connectivity index (χ1v) is 7.70. The summed E-state index contributed by atoms with van der Waals surface area (Å²) >= 11 is 0. The van der Waals surface area contributed by atoms with Crippen LogP contribution in [0.1, 0.15) is 17.4 Å². The predicted molar refractivity (Wildman–Crippen MR) is 92.1 cm³/mol. The van der Waals surface area contributed by atoms with Gasteiger partial charge in [-0.2, -0.15) is 0 Å². The second-order valence-corrected chi connectivity index (χ2v) is 5.38. The zero-order valence-electron chi connectivity index (χ0n) is 13.4. The Bertz CT molecular complexity index is 735. The van der Waals surface area contributed by atoms with Gasteiger partial charge in [0.15, 0.2) is 0 Å². The third kappa shape index (κ3) is 3.43. The quantitative estimate of drug-likeness (QED) is 0.759. The van der Waals surface area contributed by atoms with Gasteiger partial charge in [0.1, 0.15) is 11.6 Å². The standard InChI is InChI=1S/C19H21N3O/c1-20-18(14-15-6-4-3-5-7-15)19-21-12-13-22(19)16-8-10-17(23-2)11-9-16/h3-13,18,20H,14H2,1-2H3. The SMILES string of the molecule is CNC(Cc1ccccc1)c1nccn1-c1ccc(OC)cc1. The highest BCUT2D eigenvalue weighted by atomic mass is 16.5. The number of ether oxygens (including phenoxy) is 1. The molecule has 0 amide bonds. The van der Waals surface area contributed by atoms with E-state index in [1.165, 1.54) is 5.56 Å². The Hall–Kier alpha value is -2.59. The second-order valence-electron chi connectivity index (χ2n) is 5.38. The molecule has 1 N–H and O–H groups in total. The molecule has 3 rings (SSSR count). The van der Waals surface area contributed by atoms with E-state index in [1.807, 2.05) is 49.8 Å². The minimum absolute atomic E-state index is 0.148. The number of methoxy groups -OCH3 is 1. The predicted octanol–water partition coefficient (Wildman–Crippen LogP) is 3.38. The molecule has 0 bridgehead atoms. The fourth-order valence-corrected chi connectivity index (χ4v) is 2.71. The fourth-order valence-electron chi connectivity index (χ4n) is 2.71. The molecule has 118 valence electrons. The van der Waals surface area contributed by atoms with E-state index in [0.29, 0.717) is 0 Å². The summed E-state index contributed by atoms with van der Waals surface area (Å²) in [7, 11) is 3.65. The molecule has 4 nitrogen and oxygen atoms in total. The molecule has 0 spiro atoms. The molecule has 2 aromatic carbocycles. The van der Waals surface area contributed by atoms with E-state index in [2.05, 4.69) is 39.1 Å². The van der Waals surface area contributed by atoms with Crippen molar-refractivity contribution in [3.8, 4) is 11.4 Å². The van der Waals surface area contributed by atoms with E-state index < -0.39 is 0 Å². The molecule has 0 radical (unpaired) electrons. The first kappa shape index (κ1) is 15.3. The lowest BCUT2D eigenvalue weighted by atomic mass is 10.1. The van der Waals surface area contributed by atoms with Gasteiger partial charge in [-0.25, -0.2) is 4.98 Å². The third-order valence-corrected chi connectivity index (χ3v) is 3.96. The van der Waals surface area contributed by atoms with Gasteiger partial charge in [-0.15, -0.1) is 0 Å².